The Bertz CT molecular complexity index is 583. The van der Waals surface area contributed by atoms with Crippen LogP contribution in [0.4, 0.5) is 20.4 Å². The topological polar surface area (TPSA) is 77.5 Å². The molecule has 106 valence electrons. The number of ether oxygens (including phenoxy) is 1. The van der Waals surface area contributed by atoms with E-state index in [0.717, 1.165) is 0 Å². The van der Waals surface area contributed by atoms with Gasteiger partial charge in [0.2, 0.25) is 0 Å². The number of halogens is 2. The minimum Gasteiger partial charge on any atom is -0.435 e. The van der Waals surface area contributed by atoms with Gasteiger partial charge in [-0.3, -0.25) is 10.1 Å². The predicted molar refractivity (Wildman–Crippen MR) is 65.8 cm³/mol. The van der Waals surface area contributed by atoms with Crippen LogP contribution in [-0.2, 0) is 6.54 Å². The molecule has 0 saturated heterocycles. The molecule has 0 atom stereocenters. The maximum absolute atomic E-state index is 12.0. The molecule has 2 aromatic rings. The zero-order chi connectivity index (χ0) is 14.5. The Hall–Kier alpha value is -2.64. The summed E-state index contributed by atoms with van der Waals surface area (Å²) in [4.78, 5) is 9.81. The van der Waals surface area contributed by atoms with Gasteiger partial charge in [0.25, 0.3) is 0 Å². The Kier molecular flexibility index (Phi) is 4.14. The lowest BCUT2D eigenvalue weighted by atomic mass is 10.3. The lowest BCUT2D eigenvalue weighted by Crippen LogP contribution is -2.02. The fourth-order valence-corrected chi connectivity index (χ4v) is 1.50. The average molecular weight is 284 g/mol. The van der Waals surface area contributed by atoms with E-state index in [4.69, 9.17) is 4.42 Å². The van der Waals surface area contributed by atoms with Crippen molar-refractivity contribution in [2.24, 2.45) is 0 Å². The maximum Gasteiger partial charge on any atom is 0.433 e. The molecule has 0 radical (unpaired) electrons. The summed E-state index contributed by atoms with van der Waals surface area (Å²) < 4.78 is 33.1. The van der Waals surface area contributed by atoms with Gasteiger partial charge in [0.1, 0.15) is 16.4 Å². The first-order valence-corrected chi connectivity index (χ1v) is 5.56. The second-order valence-corrected chi connectivity index (χ2v) is 3.75. The standard InChI is InChI=1S/C12H10F2N2O4/c13-12(14)20-9-3-1-8(2-4-9)15-7-10-5-6-11(19-10)16(17)18/h1-6,12,15H,7H2. The molecule has 0 aliphatic carbocycles. The third-order valence-electron chi connectivity index (χ3n) is 2.37. The van der Waals surface area contributed by atoms with Crippen LogP contribution >= 0.6 is 0 Å². The summed E-state index contributed by atoms with van der Waals surface area (Å²) in [5.41, 5.74) is 0.644. The minimum absolute atomic E-state index is 0.0548. The fraction of sp³-hybridized carbons (Fsp3) is 0.167. The number of hydrogen-bond donors (Lipinski definition) is 1. The number of anilines is 1. The van der Waals surface area contributed by atoms with Gasteiger partial charge in [-0.05, 0) is 30.3 Å². The molecule has 0 unspecified atom stereocenters. The van der Waals surface area contributed by atoms with Gasteiger partial charge < -0.3 is 14.5 Å². The molecule has 1 heterocycles. The molecular formula is C12H10F2N2O4. The smallest absolute Gasteiger partial charge is 0.433 e. The van der Waals surface area contributed by atoms with Crippen molar-refractivity contribution >= 4 is 11.6 Å². The number of nitrogens with zero attached hydrogens (tertiary/aromatic N) is 1. The molecule has 0 bridgehead atoms. The molecule has 0 amide bonds. The van der Waals surface area contributed by atoms with Crippen LogP contribution in [0.2, 0.25) is 0 Å². The van der Waals surface area contributed by atoms with Crippen LogP contribution in [0.15, 0.2) is 40.8 Å². The quantitative estimate of drug-likeness (QED) is 0.649. The van der Waals surface area contributed by atoms with E-state index in [1.807, 2.05) is 0 Å². The molecule has 0 fully saturated rings. The molecular weight excluding hydrogens is 274 g/mol. The van der Waals surface area contributed by atoms with Crippen LogP contribution in [0, 0.1) is 10.1 Å². The summed E-state index contributed by atoms with van der Waals surface area (Å²) >= 11 is 0. The Morgan fingerprint density at radius 2 is 1.95 bits per heavy atom. The zero-order valence-electron chi connectivity index (χ0n) is 10.1. The second-order valence-electron chi connectivity index (χ2n) is 3.75. The van der Waals surface area contributed by atoms with Crippen LogP contribution < -0.4 is 10.1 Å². The molecule has 1 N–H and O–H groups in total. The van der Waals surface area contributed by atoms with Crippen molar-refractivity contribution in [3.05, 3.63) is 52.3 Å². The maximum atomic E-state index is 12.0. The molecule has 0 spiro atoms. The largest absolute Gasteiger partial charge is 0.435 e. The number of benzene rings is 1. The summed E-state index contributed by atoms with van der Waals surface area (Å²) in [5.74, 6) is 0.117. The summed E-state index contributed by atoms with van der Waals surface area (Å²) in [5, 5.41) is 13.4. The monoisotopic (exact) mass is 284 g/mol. The van der Waals surface area contributed by atoms with Crippen molar-refractivity contribution < 1.29 is 22.9 Å². The van der Waals surface area contributed by atoms with Crippen LogP contribution in [0.3, 0.4) is 0 Å². The first-order chi connectivity index (χ1) is 9.54. The Morgan fingerprint density at radius 1 is 1.25 bits per heavy atom. The van der Waals surface area contributed by atoms with Gasteiger partial charge in [0, 0.05) is 5.69 Å². The minimum atomic E-state index is -2.86. The lowest BCUT2D eigenvalue weighted by Gasteiger charge is -2.07. The van der Waals surface area contributed by atoms with Gasteiger partial charge in [-0.1, -0.05) is 0 Å². The third-order valence-corrected chi connectivity index (χ3v) is 2.37. The van der Waals surface area contributed by atoms with Gasteiger partial charge in [-0.15, -0.1) is 0 Å². The number of hydrogen-bond acceptors (Lipinski definition) is 5. The van der Waals surface area contributed by atoms with Gasteiger partial charge in [0.15, 0.2) is 0 Å². The van der Waals surface area contributed by atoms with Crippen LogP contribution in [0.1, 0.15) is 5.76 Å². The molecule has 8 heteroatoms. The molecule has 6 nitrogen and oxygen atoms in total. The van der Waals surface area contributed by atoms with E-state index in [2.05, 4.69) is 10.1 Å². The molecule has 20 heavy (non-hydrogen) atoms. The Morgan fingerprint density at radius 3 is 2.50 bits per heavy atom. The average Bonchev–Trinajstić information content (AvgIpc) is 2.86. The van der Waals surface area contributed by atoms with E-state index in [0.29, 0.717) is 11.4 Å². The van der Waals surface area contributed by atoms with E-state index < -0.39 is 11.5 Å². The summed E-state index contributed by atoms with van der Waals surface area (Å²) in [6, 6.07) is 8.62. The summed E-state index contributed by atoms with van der Waals surface area (Å²) in [6.45, 7) is -2.62. The number of nitrogens with one attached hydrogen (secondary N) is 1. The molecule has 1 aromatic carbocycles. The van der Waals surface area contributed by atoms with Gasteiger partial charge in [0.05, 0.1) is 12.6 Å². The van der Waals surface area contributed by atoms with Crippen LogP contribution in [0.5, 0.6) is 5.75 Å². The van der Waals surface area contributed by atoms with Crippen LogP contribution in [-0.4, -0.2) is 11.5 Å². The van der Waals surface area contributed by atoms with E-state index in [-0.39, 0.29) is 18.2 Å². The zero-order valence-corrected chi connectivity index (χ0v) is 10.1. The van der Waals surface area contributed by atoms with E-state index >= 15 is 0 Å². The summed E-state index contributed by atoms with van der Waals surface area (Å²) in [6.07, 6.45) is 0. The van der Waals surface area contributed by atoms with Crippen molar-refractivity contribution in [3.63, 3.8) is 0 Å². The Labute approximate surface area is 112 Å². The highest BCUT2D eigenvalue weighted by atomic mass is 19.3. The predicted octanol–water partition coefficient (Wildman–Crippen LogP) is 3.40. The number of rotatable bonds is 6. The molecule has 2 rings (SSSR count). The van der Waals surface area contributed by atoms with Crippen molar-refractivity contribution in [2.45, 2.75) is 13.2 Å². The first-order valence-electron chi connectivity index (χ1n) is 5.56. The highest BCUT2D eigenvalue weighted by Gasteiger charge is 2.11. The number of alkyl halides is 2. The van der Waals surface area contributed by atoms with Crippen molar-refractivity contribution in [2.75, 3.05) is 5.32 Å². The van der Waals surface area contributed by atoms with E-state index in [9.17, 15) is 18.9 Å². The molecule has 0 saturated carbocycles. The third kappa shape index (κ3) is 3.67. The number of furan rings is 1. The SMILES string of the molecule is O=[N+]([O-])c1ccc(CNc2ccc(OC(F)F)cc2)o1. The molecule has 0 aliphatic heterocycles. The van der Waals surface area contributed by atoms with Gasteiger partial charge in [-0.2, -0.15) is 8.78 Å². The van der Waals surface area contributed by atoms with Crippen molar-refractivity contribution in [3.8, 4) is 5.75 Å². The van der Waals surface area contributed by atoms with E-state index in [1.54, 1.807) is 12.1 Å². The normalized spacial score (nSPS) is 10.6. The lowest BCUT2D eigenvalue weighted by molar-refractivity contribution is -0.402. The van der Waals surface area contributed by atoms with Gasteiger partial charge >= 0.3 is 12.5 Å². The van der Waals surface area contributed by atoms with Crippen molar-refractivity contribution in [1.82, 2.24) is 0 Å². The van der Waals surface area contributed by atoms with Crippen molar-refractivity contribution in [1.29, 1.82) is 0 Å². The summed E-state index contributed by atoms with van der Waals surface area (Å²) in [7, 11) is 0. The highest BCUT2D eigenvalue weighted by Crippen LogP contribution is 2.20. The fourth-order valence-electron chi connectivity index (χ4n) is 1.50. The second kappa shape index (κ2) is 6.00. The highest BCUT2D eigenvalue weighted by molar-refractivity contribution is 5.46. The first kappa shape index (κ1) is 13.8. The molecule has 1 aromatic heterocycles. The van der Waals surface area contributed by atoms with Crippen LogP contribution in [0.25, 0.3) is 0 Å². The van der Waals surface area contributed by atoms with Gasteiger partial charge in [-0.25, -0.2) is 0 Å². The van der Waals surface area contributed by atoms with E-state index in [1.165, 1.54) is 24.3 Å². The Balaban J connectivity index is 1.91. The number of nitro groups is 1. The molecule has 0 aliphatic rings.